The van der Waals surface area contributed by atoms with Crippen molar-refractivity contribution < 1.29 is 39.1 Å². The molecule has 14 heteroatoms. The Hall–Kier alpha value is -5.30. The van der Waals surface area contributed by atoms with Crippen molar-refractivity contribution in [2.24, 2.45) is 0 Å². The molecular weight excluding hydrogens is 930 g/mol. The van der Waals surface area contributed by atoms with Crippen LogP contribution in [-0.4, -0.2) is 27.5 Å². The molecular formula is C49H39BCl2CuF4N3OP2. The second-order valence-electron chi connectivity index (χ2n) is 13.0. The van der Waals surface area contributed by atoms with Crippen LogP contribution in [0.25, 0.3) is 22.6 Å². The summed E-state index contributed by atoms with van der Waals surface area (Å²) in [6.45, 7) is 0. The Morgan fingerprint density at radius 3 is 1.21 bits per heavy atom. The predicted molar refractivity (Wildman–Crippen MR) is 256 cm³/mol. The molecule has 4 nitrogen and oxygen atoms in total. The number of nitrogens with zero attached hydrogens (tertiary/aromatic N) is 2. The molecule has 0 amide bonds. The van der Waals surface area contributed by atoms with Gasteiger partial charge in [-0.05, 0) is 73.5 Å². The zero-order valence-electron chi connectivity index (χ0n) is 33.3. The summed E-state index contributed by atoms with van der Waals surface area (Å²) in [6.07, 6.45) is 1.77. The minimum absolute atomic E-state index is 0. The van der Waals surface area contributed by atoms with Gasteiger partial charge in [0.25, 0.3) is 0 Å². The number of fused-ring (bicyclic) bond motifs is 1. The van der Waals surface area contributed by atoms with Crippen molar-refractivity contribution in [2.75, 3.05) is 5.34 Å². The van der Waals surface area contributed by atoms with E-state index in [1.807, 2.05) is 42.5 Å². The maximum Gasteiger partial charge on any atom is 1.00 e. The Balaban J connectivity index is 0.000000256. The number of para-hydroxylation sites is 4. The smallest absolute Gasteiger partial charge is 0.456 e. The summed E-state index contributed by atoms with van der Waals surface area (Å²) in [5, 5.41) is 7.84. The molecule has 2 aromatic heterocycles. The Morgan fingerprint density at radius 2 is 0.825 bits per heavy atom. The maximum atomic E-state index is 9.75. The molecule has 0 aliphatic rings. The van der Waals surface area contributed by atoms with E-state index in [-0.39, 0.29) is 22.4 Å². The van der Waals surface area contributed by atoms with Gasteiger partial charge in [0.2, 0.25) is 0 Å². The Morgan fingerprint density at radius 1 is 0.476 bits per heavy atom. The molecule has 0 fully saturated rings. The van der Waals surface area contributed by atoms with Gasteiger partial charge in [0, 0.05) is 16.8 Å². The fourth-order valence-electron chi connectivity index (χ4n) is 6.31. The van der Waals surface area contributed by atoms with Gasteiger partial charge in [0.15, 0.2) is 5.82 Å². The number of hydrogen-bond donors (Lipinski definition) is 1. The first kappa shape index (κ1) is 48.7. The molecule has 9 aromatic rings. The molecule has 0 unspecified atom stereocenters. The van der Waals surface area contributed by atoms with Crippen molar-refractivity contribution in [2.45, 2.75) is 0 Å². The third-order valence-electron chi connectivity index (χ3n) is 8.79. The monoisotopic (exact) mass is 967 g/mol. The van der Waals surface area contributed by atoms with E-state index in [0.717, 1.165) is 34.1 Å². The number of halogens is 6. The van der Waals surface area contributed by atoms with Crippen LogP contribution in [0.4, 0.5) is 17.3 Å². The van der Waals surface area contributed by atoms with Gasteiger partial charge < -0.3 is 27.0 Å². The van der Waals surface area contributed by atoms with E-state index in [0.29, 0.717) is 0 Å². The first-order chi connectivity index (χ1) is 30.2. The van der Waals surface area contributed by atoms with Gasteiger partial charge in [-0.25, -0.2) is 4.98 Å². The normalized spacial score (nSPS) is 10.6. The Kier molecular flexibility index (Phi) is 19.4. The van der Waals surface area contributed by atoms with Gasteiger partial charge in [0.05, 0.1) is 16.4 Å². The van der Waals surface area contributed by atoms with Crippen LogP contribution in [0.15, 0.2) is 219 Å². The first-order valence-electron chi connectivity index (χ1n) is 19.2. The summed E-state index contributed by atoms with van der Waals surface area (Å²) >= 11 is 9.53. The van der Waals surface area contributed by atoms with E-state index in [4.69, 9.17) is 27.9 Å². The van der Waals surface area contributed by atoms with Gasteiger partial charge in [-0.2, -0.15) is 0 Å². The van der Waals surface area contributed by atoms with E-state index in [1.54, 1.807) is 6.20 Å². The number of alkyl halides is 2. The summed E-state index contributed by atoms with van der Waals surface area (Å²) in [5.41, 5.74) is 2.88. The van der Waals surface area contributed by atoms with Crippen molar-refractivity contribution in [3.8, 4) is 23.0 Å². The fraction of sp³-hybridized carbons (Fsp3) is 0.0204. The summed E-state index contributed by atoms with van der Waals surface area (Å²) in [5.74, 6) is 2.62. The molecule has 0 saturated heterocycles. The molecule has 2 heterocycles. The summed E-state index contributed by atoms with van der Waals surface area (Å²) in [4.78, 5) is 12.0. The molecule has 0 aliphatic heterocycles. The molecule has 9 rings (SSSR count). The fourth-order valence-corrected chi connectivity index (χ4v) is 11.1. The molecule has 1 N–H and O–H groups in total. The molecule has 0 bridgehead atoms. The van der Waals surface area contributed by atoms with Crippen molar-refractivity contribution in [3.05, 3.63) is 219 Å². The number of H-pyrrole nitrogens is 1. The van der Waals surface area contributed by atoms with Crippen LogP contribution in [0, 0.1) is 0 Å². The molecule has 0 aliphatic carbocycles. The third kappa shape index (κ3) is 14.6. The molecule has 0 spiro atoms. The Bertz CT molecular complexity index is 2450. The van der Waals surface area contributed by atoms with Gasteiger partial charge in [0.1, 0.15) is 17.2 Å². The zero-order valence-corrected chi connectivity index (χ0v) is 37.6. The Labute approximate surface area is 387 Å². The van der Waals surface area contributed by atoms with Crippen LogP contribution in [0.1, 0.15) is 0 Å². The van der Waals surface area contributed by atoms with Gasteiger partial charge >= 0.3 is 24.3 Å². The zero-order chi connectivity index (χ0) is 43.6. The van der Waals surface area contributed by atoms with Crippen molar-refractivity contribution in [1.29, 1.82) is 0 Å². The van der Waals surface area contributed by atoms with E-state index in [2.05, 4.69) is 185 Å². The van der Waals surface area contributed by atoms with Crippen molar-refractivity contribution in [1.82, 2.24) is 15.0 Å². The summed E-state index contributed by atoms with van der Waals surface area (Å²) < 4.78 is 45.9. The molecule has 63 heavy (non-hydrogen) atoms. The molecule has 0 radical (unpaired) electrons. The minimum Gasteiger partial charge on any atom is -0.456 e. The van der Waals surface area contributed by atoms with Crippen LogP contribution in [-0.2, 0) is 17.1 Å². The number of pyridine rings is 1. The molecule has 0 atom stereocenters. The number of ether oxygens (including phenoxy) is 1. The van der Waals surface area contributed by atoms with Crippen LogP contribution in [0.3, 0.4) is 0 Å². The van der Waals surface area contributed by atoms with E-state index < -0.39 is 23.1 Å². The number of rotatable bonds is 9. The number of nitrogens with one attached hydrogen (secondary N) is 1. The number of aromatic nitrogens is 3. The van der Waals surface area contributed by atoms with Crippen molar-refractivity contribution >= 4 is 89.2 Å². The maximum absolute atomic E-state index is 9.75. The topological polar surface area (TPSA) is 50.8 Å². The average molecular weight is 969 g/mol. The molecule has 322 valence electrons. The standard InChI is InChI=1S/C36H28OP2.C12H9N3.CH2Cl2.BF4.Cu/c1-5-17-29(18-6-1)38(30-19-7-2-8-20-30)35-27-15-13-25-33(35)37-34-26-14-16-28-36(34)39(31-21-9-3-10-22-31)32-23-11-4-12-24-32;1-2-6-10-9(5-1)14-12(15-10)11-7-3-4-8-13-11;2-1-3;2-1(3,4)5;/h1-28H;1-8H,(H,14,15);1H2;;/q;;;-1;+1. The number of benzene rings is 7. The van der Waals surface area contributed by atoms with Crippen LogP contribution >= 0.6 is 39.0 Å². The van der Waals surface area contributed by atoms with Gasteiger partial charge in [-0.15, -0.1) is 23.2 Å². The number of hydrogen-bond acceptors (Lipinski definition) is 3. The third-order valence-corrected chi connectivity index (χ3v) is 13.7. The van der Waals surface area contributed by atoms with Gasteiger partial charge in [-0.3, -0.25) is 4.98 Å². The second kappa shape index (κ2) is 25.1. The van der Waals surface area contributed by atoms with Crippen LogP contribution in [0.5, 0.6) is 11.5 Å². The summed E-state index contributed by atoms with van der Waals surface area (Å²) in [7, 11) is -7.59. The SMILES string of the molecule is ClCCl.F[B-](F)(F)F.[Cu+].c1ccc(-c2nc3ccccc3[nH]2)nc1.c1ccc(P(c2ccccc2)c2ccccc2Oc2ccccc2P(c2ccccc2)c2ccccc2)cc1. The number of imidazole rings is 1. The predicted octanol–water partition coefficient (Wildman–Crippen LogP) is 12.3. The first-order valence-corrected chi connectivity index (χ1v) is 23.0. The van der Waals surface area contributed by atoms with E-state index in [9.17, 15) is 17.3 Å². The van der Waals surface area contributed by atoms with Crippen LogP contribution < -0.4 is 36.6 Å². The minimum atomic E-state index is -6.00. The average Bonchev–Trinajstić information content (AvgIpc) is 3.74. The summed E-state index contributed by atoms with van der Waals surface area (Å²) in [6, 6.07) is 74.0. The number of aromatic amines is 1. The van der Waals surface area contributed by atoms with E-state index in [1.165, 1.54) is 31.8 Å². The van der Waals surface area contributed by atoms with Crippen molar-refractivity contribution in [3.63, 3.8) is 0 Å². The largest absolute Gasteiger partial charge is 1.00 e. The van der Waals surface area contributed by atoms with E-state index >= 15 is 0 Å². The van der Waals surface area contributed by atoms with Gasteiger partial charge in [-0.1, -0.05) is 176 Å². The van der Waals surface area contributed by atoms with Crippen LogP contribution in [0.2, 0.25) is 0 Å². The molecule has 0 saturated carbocycles. The second-order valence-corrected chi connectivity index (χ2v) is 18.1. The quantitative estimate of drug-likeness (QED) is 0.0679. The molecule has 7 aromatic carbocycles.